The molecule has 0 aliphatic carbocycles. The zero-order valence-corrected chi connectivity index (χ0v) is 23.9. The molecule has 3 heterocycles. The third-order valence-electron chi connectivity index (χ3n) is 7.09. The highest BCUT2D eigenvalue weighted by Gasteiger charge is 2.21. The van der Waals surface area contributed by atoms with Crippen LogP contribution in [0.5, 0.6) is 0 Å². The molecule has 4 aromatic rings. The summed E-state index contributed by atoms with van der Waals surface area (Å²) >= 11 is 0. The number of aromatic nitrogens is 3. The van der Waals surface area contributed by atoms with E-state index in [1.807, 2.05) is 48.1 Å². The van der Waals surface area contributed by atoms with Crippen molar-refractivity contribution in [2.24, 2.45) is 5.73 Å². The molecule has 1 fully saturated rings. The minimum absolute atomic E-state index is 0.129. The standard InChI is InChI=1S/C31H37N9O2/c1-3-21-19-34-40-28(18-27(38-30(21)40)39-16-6-7-23(32)20-39)35-25-8-4-9-26(17-25)37-31(42)22-11-13-24(14-12-22)36-29(41)10-5-15-33-2/h4-5,8-14,17-19,23,33,35H,3,6-7,15-16,20,32H2,1-2H3,(H,36,41)(H,37,42)/b10-5+. The molecular formula is C31H37N9O2. The Balaban J connectivity index is 1.30. The first-order chi connectivity index (χ1) is 20.4. The average molecular weight is 568 g/mol. The van der Waals surface area contributed by atoms with Crippen molar-refractivity contribution in [2.45, 2.75) is 32.2 Å². The number of fused-ring (bicyclic) bond motifs is 1. The van der Waals surface area contributed by atoms with Gasteiger partial charge in [-0.25, -0.2) is 4.98 Å². The Morgan fingerprint density at radius 1 is 1.07 bits per heavy atom. The fraction of sp³-hybridized carbons (Fsp3) is 0.290. The Kier molecular flexibility index (Phi) is 9.10. The Morgan fingerprint density at radius 2 is 1.88 bits per heavy atom. The number of anilines is 5. The van der Waals surface area contributed by atoms with Crippen molar-refractivity contribution in [1.29, 1.82) is 0 Å². The number of hydrogen-bond donors (Lipinski definition) is 5. The molecular weight excluding hydrogens is 530 g/mol. The molecule has 0 bridgehead atoms. The van der Waals surface area contributed by atoms with Gasteiger partial charge in [-0.15, -0.1) is 0 Å². The maximum Gasteiger partial charge on any atom is 0.255 e. The zero-order chi connectivity index (χ0) is 29.5. The fourth-order valence-corrected chi connectivity index (χ4v) is 4.91. The molecule has 2 aromatic heterocycles. The number of likely N-dealkylation sites (N-methyl/N-ethyl adjacent to an activating group) is 1. The van der Waals surface area contributed by atoms with E-state index in [4.69, 9.17) is 10.7 Å². The summed E-state index contributed by atoms with van der Waals surface area (Å²) < 4.78 is 1.81. The summed E-state index contributed by atoms with van der Waals surface area (Å²) in [6.45, 7) is 4.37. The number of hydrogen-bond acceptors (Lipinski definition) is 8. The monoisotopic (exact) mass is 567 g/mol. The van der Waals surface area contributed by atoms with Gasteiger partial charge in [0.2, 0.25) is 5.91 Å². The van der Waals surface area contributed by atoms with Crippen LogP contribution >= 0.6 is 0 Å². The number of rotatable bonds is 10. The topological polar surface area (TPSA) is 142 Å². The quantitative estimate of drug-likeness (QED) is 0.182. The zero-order valence-electron chi connectivity index (χ0n) is 23.9. The van der Waals surface area contributed by atoms with Crippen LogP contribution in [0.25, 0.3) is 5.65 Å². The average Bonchev–Trinajstić information content (AvgIpc) is 3.41. The van der Waals surface area contributed by atoms with Gasteiger partial charge in [0.05, 0.1) is 6.20 Å². The van der Waals surface area contributed by atoms with E-state index >= 15 is 0 Å². The van der Waals surface area contributed by atoms with Crippen molar-refractivity contribution in [2.75, 3.05) is 47.5 Å². The molecule has 1 atom stereocenters. The predicted octanol–water partition coefficient (Wildman–Crippen LogP) is 3.93. The summed E-state index contributed by atoms with van der Waals surface area (Å²) in [6, 6.07) is 16.4. The number of aryl methyl sites for hydroxylation is 1. The summed E-state index contributed by atoms with van der Waals surface area (Å²) in [5.74, 6) is 1.16. The van der Waals surface area contributed by atoms with E-state index in [1.165, 1.54) is 6.08 Å². The number of amides is 2. The third kappa shape index (κ3) is 6.93. The van der Waals surface area contributed by atoms with Crippen LogP contribution in [-0.4, -0.2) is 59.1 Å². The molecule has 11 heteroatoms. The lowest BCUT2D eigenvalue weighted by atomic mass is 10.1. The van der Waals surface area contributed by atoms with Crippen molar-refractivity contribution in [3.63, 3.8) is 0 Å². The molecule has 0 saturated carbocycles. The number of nitrogens with one attached hydrogen (secondary N) is 4. The van der Waals surface area contributed by atoms with Gasteiger partial charge in [-0.05, 0) is 68.8 Å². The molecule has 42 heavy (non-hydrogen) atoms. The maximum atomic E-state index is 13.0. The second-order valence-electron chi connectivity index (χ2n) is 10.3. The maximum absolute atomic E-state index is 13.0. The van der Waals surface area contributed by atoms with Crippen molar-refractivity contribution >= 4 is 46.2 Å². The van der Waals surface area contributed by atoms with Crippen LogP contribution in [0.4, 0.5) is 28.7 Å². The number of nitrogens with zero attached hydrogens (tertiary/aromatic N) is 4. The Morgan fingerprint density at radius 3 is 2.64 bits per heavy atom. The molecule has 0 spiro atoms. The molecule has 1 saturated heterocycles. The van der Waals surface area contributed by atoms with Gasteiger partial charge in [0.1, 0.15) is 11.6 Å². The van der Waals surface area contributed by atoms with Crippen LogP contribution in [0.3, 0.4) is 0 Å². The summed E-state index contributed by atoms with van der Waals surface area (Å²) in [4.78, 5) is 32.1. The number of piperidine rings is 1. The molecule has 6 N–H and O–H groups in total. The molecule has 1 unspecified atom stereocenters. The van der Waals surface area contributed by atoms with E-state index in [0.29, 0.717) is 23.5 Å². The summed E-state index contributed by atoms with van der Waals surface area (Å²) in [5, 5.41) is 16.7. The van der Waals surface area contributed by atoms with Gasteiger partial charge in [-0.1, -0.05) is 19.1 Å². The highest BCUT2D eigenvalue weighted by atomic mass is 16.2. The van der Waals surface area contributed by atoms with E-state index in [2.05, 4.69) is 38.2 Å². The second-order valence-corrected chi connectivity index (χ2v) is 10.3. The Bertz CT molecular complexity index is 1580. The van der Waals surface area contributed by atoms with Crippen molar-refractivity contribution in [3.8, 4) is 0 Å². The molecule has 1 aliphatic rings. The minimum Gasteiger partial charge on any atom is -0.355 e. The number of carbonyl (C=O) groups is 2. The molecule has 11 nitrogen and oxygen atoms in total. The molecule has 218 valence electrons. The van der Waals surface area contributed by atoms with E-state index < -0.39 is 0 Å². The molecule has 1 aliphatic heterocycles. The molecule has 2 aromatic carbocycles. The lowest BCUT2D eigenvalue weighted by Crippen LogP contribution is -2.43. The van der Waals surface area contributed by atoms with Gasteiger partial charge >= 0.3 is 0 Å². The molecule has 2 amide bonds. The van der Waals surface area contributed by atoms with E-state index in [9.17, 15) is 9.59 Å². The van der Waals surface area contributed by atoms with Gasteiger partial charge in [-0.3, -0.25) is 9.59 Å². The number of carbonyl (C=O) groups excluding carboxylic acids is 2. The van der Waals surface area contributed by atoms with Crippen LogP contribution in [0, 0.1) is 0 Å². The lowest BCUT2D eigenvalue weighted by Gasteiger charge is -2.32. The van der Waals surface area contributed by atoms with Gasteiger partial charge in [0.25, 0.3) is 5.91 Å². The second kappa shape index (κ2) is 13.3. The largest absolute Gasteiger partial charge is 0.355 e. The van der Waals surface area contributed by atoms with Gasteiger partial charge < -0.3 is 31.9 Å². The van der Waals surface area contributed by atoms with Crippen molar-refractivity contribution in [1.82, 2.24) is 19.9 Å². The third-order valence-corrected chi connectivity index (χ3v) is 7.09. The first-order valence-electron chi connectivity index (χ1n) is 14.2. The van der Waals surface area contributed by atoms with Crippen LogP contribution in [0.1, 0.15) is 35.7 Å². The van der Waals surface area contributed by atoms with Crippen molar-refractivity contribution in [3.05, 3.63) is 84.1 Å². The predicted molar refractivity (Wildman–Crippen MR) is 168 cm³/mol. The molecule has 0 radical (unpaired) electrons. The Hall–Kier alpha value is -4.74. The lowest BCUT2D eigenvalue weighted by molar-refractivity contribution is -0.111. The summed E-state index contributed by atoms with van der Waals surface area (Å²) in [5.41, 5.74) is 10.7. The van der Waals surface area contributed by atoms with E-state index in [1.54, 1.807) is 30.3 Å². The highest BCUT2D eigenvalue weighted by Crippen LogP contribution is 2.27. The van der Waals surface area contributed by atoms with Crippen LogP contribution in [0.15, 0.2) is 72.9 Å². The number of benzene rings is 2. The summed E-state index contributed by atoms with van der Waals surface area (Å²) in [6.07, 6.45) is 7.93. The number of nitrogens with two attached hydrogens (primary N) is 1. The van der Waals surface area contributed by atoms with Crippen LogP contribution in [-0.2, 0) is 11.2 Å². The van der Waals surface area contributed by atoms with Crippen LogP contribution in [0.2, 0.25) is 0 Å². The normalized spacial score (nSPS) is 15.2. The summed E-state index contributed by atoms with van der Waals surface area (Å²) in [7, 11) is 1.81. The SMILES string of the molecule is CCc1cnn2c(Nc3cccc(NC(=O)c4ccc(NC(=O)/C=C/CNC)cc4)c3)cc(N3CCCC(N)C3)nc12. The first kappa shape index (κ1) is 28.8. The first-order valence-corrected chi connectivity index (χ1v) is 14.2. The van der Waals surface area contributed by atoms with Gasteiger partial charge in [0.15, 0.2) is 5.65 Å². The van der Waals surface area contributed by atoms with E-state index in [0.717, 1.165) is 60.9 Å². The Labute approximate surface area is 245 Å². The fourth-order valence-electron chi connectivity index (χ4n) is 4.91. The highest BCUT2D eigenvalue weighted by molar-refractivity contribution is 6.05. The molecule has 5 rings (SSSR count). The minimum atomic E-state index is -0.256. The van der Waals surface area contributed by atoms with E-state index in [-0.39, 0.29) is 17.9 Å². The van der Waals surface area contributed by atoms with Crippen molar-refractivity contribution < 1.29 is 9.59 Å². The smallest absolute Gasteiger partial charge is 0.255 e. The van der Waals surface area contributed by atoms with Gasteiger partial charge in [-0.2, -0.15) is 9.61 Å². The van der Waals surface area contributed by atoms with Gasteiger partial charge in [0, 0.05) is 66.0 Å². The van der Waals surface area contributed by atoms with Crippen LogP contribution < -0.4 is 31.9 Å².